The minimum absolute atomic E-state index is 0. The summed E-state index contributed by atoms with van der Waals surface area (Å²) in [7, 11) is 0. The van der Waals surface area contributed by atoms with Crippen molar-refractivity contribution >= 4 is 35.1 Å². The Hall–Kier alpha value is -3.04. The Kier molecular flexibility index (Phi) is 18.6. The molecule has 1 aliphatic rings. The van der Waals surface area contributed by atoms with E-state index in [4.69, 9.17) is 0 Å². The molecule has 0 aliphatic heterocycles. The van der Waals surface area contributed by atoms with Crippen LogP contribution in [0, 0.1) is 18.9 Å². The van der Waals surface area contributed by atoms with Crippen LogP contribution in [0.25, 0.3) is 22.3 Å². The smallest absolute Gasteiger partial charge is 0.0118 e. The van der Waals surface area contributed by atoms with Gasteiger partial charge in [0.15, 0.2) is 0 Å². The Bertz CT molecular complexity index is 2200. The van der Waals surface area contributed by atoms with E-state index >= 15 is 0 Å². The second-order valence-electron chi connectivity index (χ2n) is 14.4. The monoisotopic (exact) mass is 976 g/mol. The molecule has 0 N–H and O–H groups in total. The number of rotatable bonds is 9. The van der Waals surface area contributed by atoms with Crippen molar-refractivity contribution in [1.82, 2.24) is 0 Å². The summed E-state index contributed by atoms with van der Waals surface area (Å²) < 4.78 is 3.88. The second kappa shape index (κ2) is 22.8. The molecule has 0 radical (unpaired) electrons. The van der Waals surface area contributed by atoms with Crippen LogP contribution < -0.4 is 24.8 Å². The summed E-state index contributed by atoms with van der Waals surface area (Å²) in [4.78, 5) is 0. The van der Waals surface area contributed by atoms with E-state index in [2.05, 4.69) is 192 Å². The first-order valence-corrected chi connectivity index (χ1v) is 21.5. The molecule has 0 saturated carbocycles. The third-order valence-corrected chi connectivity index (χ3v) is 11.8. The van der Waals surface area contributed by atoms with Gasteiger partial charge in [-0.2, -0.15) is 42.0 Å². The number of hydrogen-bond donors (Lipinski definition) is 0. The van der Waals surface area contributed by atoms with Gasteiger partial charge in [-0.15, -0.1) is 11.1 Å². The van der Waals surface area contributed by atoms with E-state index < -0.39 is 0 Å². The number of fused-ring (bicyclic) bond motifs is 3. The molecule has 1 atom stereocenters. The number of benzene rings is 6. The average Bonchev–Trinajstić information content (AvgIpc) is 3.87. The third kappa shape index (κ3) is 13.0. The van der Waals surface area contributed by atoms with Gasteiger partial charge >= 0.3 is 141 Å². The van der Waals surface area contributed by atoms with Gasteiger partial charge in [-0.05, 0) is 59.4 Å². The topological polar surface area (TPSA) is 0 Å². The molecule has 0 fully saturated rings. The normalized spacial score (nSPS) is 11.4. The molecule has 0 heterocycles. The quantitative estimate of drug-likeness (QED) is 0.128. The maximum atomic E-state index is 3.81. The van der Waals surface area contributed by atoms with Crippen LogP contribution in [-0.4, -0.2) is 3.21 Å². The summed E-state index contributed by atoms with van der Waals surface area (Å²) in [6, 6.07) is 62.0. The second-order valence-corrected chi connectivity index (χ2v) is 18.0. The van der Waals surface area contributed by atoms with Gasteiger partial charge in [-0.25, -0.2) is 12.1 Å². The fourth-order valence-corrected chi connectivity index (χ4v) is 9.11. The van der Waals surface area contributed by atoms with Crippen molar-refractivity contribution in [3.8, 4) is 22.3 Å². The molecule has 8 rings (SSSR count). The van der Waals surface area contributed by atoms with Crippen LogP contribution in [0.15, 0.2) is 173 Å². The van der Waals surface area contributed by atoms with Crippen molar-refractivity contribution in [1.29, 1.82) is 0 Å². The summed E-state index contributed by atoms with van der Waals surface area (Å²) in [6.07, 6.45) is 4.17. The summed E-state index contributed by atoms with van der Waals surface area (Å²) in [5.41, 5.74) is 15.0. The molecule has 5 heteroatoms. The van der Waals surface area contributed by atoms with Gasteiger partial charge in [0, 0.05) is 0 Å². The summed E-state index contributed by atoms with van der Waals surface area (Å²) in [5.74, 6) is 1.11. The van der Waals surface area contributed by atoms with Gasteiger partial charge in [0.25, 0.3) is 0 Å². The predicted molar refractivity (Wildman–Crippen MR) is 234 cm³/mol. The van der Waals surface area contributed by atoms with Crippen LogP contribution in [0.4, 0.5) is 0 Å². The Morgan fingerprint density at radius 3 is 1.79 bits per heavy atom. The SMILES string of the molecule is Brc1cccc(C[C](=[Zr+2])Cc2cccc(Br)c2)c1.Cc1cc2c(cc1-c1ccccc1)Cc1[c-]c(CC(c3ccccc3)C(C)C)ccc1-2.[Cl-].[Cl-].c1cc[cH-]c1. The Morgan fingerprint density at radius 1 is 0.661 bits per heavy atom. The number of halogens is 4. The van der Waals surface area contributed by atoms with E-state index in [0.717, 1.165) is 34.6 Å². The largest absolute Gasteiger partial charge is 1.00 e. The molecule has 0 amide bonds. The molecule has 284 valence electrons. The van der Waals surface area contributed by atoms with Crippen molar-refractivity contribution < 1.29 is 49.0 Å². The molecule has 56 heavy (non-hydrogen) atoms. The first-order valence-electron chi connectivity index (χ1n) is 18.7. The summed E-state index contributed by atoms with van der Waals surface area (Å²) >= 11 is 8.56. The van der Waals surface area contributed by atoms with Gasteiger partial charge in [-0.3, -0.25) is 0 Å². The molecule has 0 aromatic heterocycles. The van der Waals surface area contributed by atoms with Gasteiger partial charge in [0.2, 0.25) is 0 Å². The zero-order chi connectivity index (χ0) is 37.9. The van der Waals surface area contributed by atoms with E-state index in [1.54, 1.807) is 3.21 Å². The van der Waals surface area contributed by atoms with E-state index in [-0.39, 0.29) is 24.8 Å². The van der Waals surface area contributed by atoms with Crippen molar-refractivity contribution in [3.05, 3.63) is 218 Å². The minimum Gasteiger partial charge on any atom is -1.00 e. The zero-order valence-corrected chi connectivity index (χ0v) is 39.2. The molecule has 1 aliphatic carbocycles. The van der Waals surface area contributed by atoms with Gasteiger partial charge in [0.05, 0.1) is 0 Å². The maximum absolute atomic E-state index is 3.81. The van der Waals surface area contributed by atoms with Crippen molar-refractivity contribution in [2.45, 2.75) is 52.4 Å². The Balaban J connectivity index is 0.000000236. The number of aryl methyl sites for hydroxylation is 1. The van der Waals surface area contributed by atoms with Gasteiger partial charge in [0.1, 0.15) is 0 Å². The molecule has 0 spiro atoms. The molecule has 1 unspecified atom stereocenters. The molecule has 0 bridgehead atoms. The van der Waals surface area contributed by atoms with E-state index in [1.807, 2.05) is 30.3 Å². The van der Waals surface area contributed by atoms with Crippen LogP contribution in [0.5, 0.6) is 0 Å². The van der Waals surface area contributed by atoms with Crippen LogP contribution in [0.2, 0.25) is 0 Å². The molecular formula is C51H46Br2Cl2Zr-2. The van der Waals surface area contributed by atoms with Crippen molar-refractivity contribution in [3.63, 3.8) is 0 Å². The van der Waals surface area contributed by atoms with Gasteiger partial charge in [-0.1, -0.05) is 92.2 Å². The Morgan fingerprint density at radius 2 is 1.25 bits per heavy atom. The molecule has 0 nitrogen and oxygen atoms in total. The van der Waals surface area contributed by atoms with Crippen molar-refractivity contribution in [2.75, 3.05) is 0 Å². The fourth-order valence-electron chi connectivity index (χ4n) is 7.21. The average molecular weight is 981 g/mol. The van der Waals surface area contributed by atoms with Crippen LogP contribution in [-0.2, 0) is 49.9 Å². The summed E-state index contributed by atoms with van der Waals surface area (Å²) in [6.45, 7) is 6.88. The predicted octanol–water partition coefficient (Wildman–Crippen LogP) is 8.15. The molecule has 7 aromatic carbocycles. The Labute approximate surface area is 379 Å². The fraction of sp³-hybridized carbons (Fsp3) is 0.176. The molecule has 0 saturated heterocycles. The van der Waals surface area contributed by atoms with E-state index in [9.17, 15) is 0 Å². The number of hydrogen-bond acceptors (Lipinski definition) is 0. The van der Waals surface area contributed by atoms with Gasteiger partial charge < -0.3 is 24.8 Å². The molecular weight excluding hydrogens is 934 g/mol. The first-order chi connectivity index (χ1) is 26.2. The van der Waals surface area contributed by atoms with E-state index in [0.29, 0.717) is 11.8 Å². The minimum atomic E-state index is 0. The van der Waals surface area contributed by atoms with E-state index in [1.165, 1.54) is 85.4 Å². The molecule has 7 aromatic rings. The summed E-state index contributed by atoms with van der Waals surface area (Å²) in [5, 5.41) is 0. The third-order valence-electron chi connectivity index (χ3n) is 9.92. The first kappa shape index (κ1) is 45.7. The standard InChI is InChI=1S/C31H29.C15H12Br2.C5H5.2ClH.Zr/c1-21(2)29(24-10-6-4-7-11-24)18-23-14-15-28-26(17-23)19-27-20-30(22(3)16-31(27)28)25-12-8-5-9-13-25;16-14-8-2-6-12(10-14)4-1-5-13-7-3-9-15(17)11-13;1-2-4-5-3-1;;;/h4-16,20-21,29H,18-19H2,1-3H3;2-3,6-11H,4-5H2;1-5H;2*1H;/q-1;;-1;;;+2/p-2. The zero-order valence-electron chi connectivity index (χ0n) is 32.1. The van der Waals surface area contributed by atoms with Crippen LogP contribution in [0.3, 0.4) is 0 Å². The van der Waals surface area contributed by atoms with Crippen LogP contribution >= 0.6 is 31.9 Å². The van der Waals surface area contributed by atoms with Crippen LogP contribution in [0.1, 0.15) is 58.7 Å². The maximum Gasteiger partial charge on any atom is -0.0118 e. The van der Waals surface area contributed by atoms with Crippen molar-refractivity contribution in [2.24, 2.45) is 5.92 Å².